The number of nitrogens with one attached hydrogen (secondary N) is 1. The lowest BCUT2D eigenvalue weighted by molar-refractivity contribution is 0.0451. The summed E-state index contributed by atoms with van der Waals surface area (Å²) in [5, 5.41) is 3.05. The molecule has 1 saturated heterocycles. The van der Waals surface area contributed by atoms with Crippen LogP contribution in [-0.4, -0.2) is 59.5 Å². The highest BCUT2D eigenvalue weighted by Crippen LogP contribution is 2.19. The van der Waals surface area contributed by atoms with Crippen LogP contribution >= 0.6 is 0 Å². The molecule has 1 aromatic rings. The normalized spacial score (nSPS) is 17.1. The van der Waals surface area contributed by atoms with Crippen LogP contribution in [0.15, 0.2) is 18.5 Å². The summed E-state index contributed by atoms with van der Waals surface area (Å²) >= 11 is 0. The molecule has 0 spiro atoms. The lowest BCUT2D eigenvalue weighted by Gasteiger charge is -2.42. The molecule has 2 rings (SSSR count). The Labute approximate surface area is 121 Å². The molecule has 0 bridgehead atoms. The molecule has 110 valence electrons. The molecule has 0 atom stereocenters. The van der Waals surface area contributed by atoms with Crippen LogP contribution in [0.5, 0.6) is 0 Å². The van der Waals surface area contributed by atoms with Gasteiger partial charge in [0, 0.05) is 56.8 Å². The zero-order valence-corrected chi connectivity index (χ0v) is 12.8. The van der Waals surface area contributed by atoms with Crippen molar-refractivity contribution in [2.24, 2.45) is 0 Å². The third-order valence-corrected chi connectivity index (χ3v) is 3.84. The van der Waals surface area contributed by atoms with E-state index in [0.29, 0.717) is 5.56 Å². The zero-order chi connectivity index (χ0) is 14.8. The second-order valence-electron chi connectivity index (χ2n) is 6.12. The van der Waals surface area contributed by atoms with Gasteiger partial charge in [-0.05, 0) is 26.8 Å². The fourth-order valence-electron chi connectivity index (χ4n) is 2.53. The van der Waals surface area contributed by atoms with E-state index in [1.54, 1.807) is 12.4 Å². The molecule has 2 heterocycles. The Bertz CT molecular complexity index is 473. The van der Waals surface area contributed by atoms with Gasteiger partial charge in [0.15, 0.2) is 0 Å². The maximum absolute atomic E-state index is 12.6. The smallest absolute Gasteiger partial charge is 0.257 e. The molecule has 1 fully saturated rings. The van der Waals surface area contributed by atoms with Crippen molar-refractivity contribution in [3.8, 4) is 0 Å². The van der Waals surface area contributed by atoms with E-state index in [1.165, 1.54) is 0 Å². The van der Waals surface area contributed by atoms with Gasteiger partial charge in [-0.3, -0.25) is 14.7 Å². The summed E-state index contributed by atoms with van der Waals surface area (Å²) in [5.74, 6) is 0.0657. The average Bonchev–Trinajstić information content (AvgIpc) is 2.45. The number of aromatic nitrogens is 1. The van der Waals surface area contributed by atoms with Crippen LogP contribution in [0.3, 0.4) is 0 Å². The first-order valence-corrected chi connectivity index (χ1v) is 7.09. The van der Waals surface area contributed by atoms with Gasteiger partial charge in [0.1, 0.15) is 0 Å². The number of amides is 1. The van der Waals surface area contributed by atoms with Gasteiger partial charge in [-0.15, -0.1) is 0 Å². The predicted molar refractivity (Wildman–Crippen MR) is 81.0 cm³/mol. The minimum absolute atomic E-state index is 0.0657. The first-order chi connectivity index (χ1) is 9.43. The maximum atomic E-state index is 12.6. The predicted octanol–water partition coefficient (Wildman–Crippen LogP) is 1.68. The highest BCUT2D eigenvalue weighted by molar-refractivity contribution is 5.99. The van der Waals surface area contributed by atoms with E-state index in [0.717, 1.165) is 31.9 Å². The SMILES string of the molecule is CNc1ccncc1C(=O)N1CCN(C(C)(C)C)CC1. The van der Waals surface area contributed by atoms with Gasteiger partial charge in [-0.2, -0.15) is 0 Å². The zero-order valence-electron chi connectivity index (χ0n) is 12.8. The van der Waals surface area contributed by atoms with Crippen molar-refractivity contribution in [1.29, 1.82) is 0 Å². The van der Waals surface area contributed by atoms with Crippen molar-refractivity contribution in [3.05, 3.63) is 24.0 Å². The lowest BCUT2D eigenvalue weighted by atomic mass is 10.0. The largest absolute Gasteiger partial charge is 0.387 e. The Kier molecular flexibility index (Phi) is 4.28. The topological polar surface area (TPSA) is 48.5 Å². The van der Waals surface area contributed by atoms with Gasteiger partial charge < -0.3 is 10.2 Å². The fourth-order valence-corrected chi connectivity index (χ4v) is 2.53. The number of carbonyl (C=O) groups is 1. The van der Waals surface area contributed by atoms with Crippen LogP contribution in [0.2, 0.25) is 0 Å². The second kappa shape index (κ2) is 5.79. The van der Waals surface area contributed by atoms with Gasteiger partial charge >= 0.3 is 0 Å². The molecule has 0 aromatic carbocycles. The Hall–Kier alpha value is -1.62. The molecule has 0 saturated carbocycles. The lowest BCUT2D eigenvalue weighted by Crippen LogP contribution is -2.54. The number of rotatable bonds is 2. The van der Waals surface area contributed by atoms with Crippen LogP contribution in [0.4, 0.5) is 5.69 Å². The summed E-state index contributed by atoms with van der Waals surface area (Å²) in [6.45, 7) is 10.0. The highest BCUT2D eigenvalue weighted by Gasteiger charge is 2.28. The molecule has 5 nitrogen and oxygen atoms in total. The van der Waals surface area contributed by atoms with E-state index in [4.69, 9.17) is 0 Å². The van der Waals surface area contributed by atoms with Crippen LogP contribution in [0.1, 0.15) is 31.1 Å². The van der Waals surface area contributed by atoms with Crippen molar-refractivity contribution < 1.29 is 4.79 Å². The van der Waals surface area contributed by atoms with Crippen molar-refractivity contribution in [1.82, 2.24) is 14.8 Å². The molecule has 1 N–H and O–H groups in total. The first-order valence-electron chi connectivity index (χ1n) is 7.09. The van der Waals surface area contributed by atoms with Crippen LogP contribution < -0.4 is 5.32 Å². The maximum Gasteiger partial charge on any atom is 0.257 e. The summed E-state index contributed by atoms with van der Waals surface area (Å²) in [7, 11) is 1.82. The minimum atomic E-state index is 0.0657. The number of carbonyl (C=O) groups excluding carboxylic acids is 1. The second-order valence-corrected chi connectivity index (χ2v) is 6.12. The molecular formula is C15H24N4O. The van der Waals surface area contributed by atoms with Crippen molar-refractivity contribution in [2.75, 3.05) is 38.5 Å². The van der Waals surface area contributed by atoms with E-state index >= 15 is 0 Å². The number of nitrogens with zero attached hydrogens (tertiary/aromatic N) is 3. The van der Waals surface area contributed by atoms with E-state index in [2.05, 4.69) is 36.0 Å². The van der Waals surface area contributed by atoms with Crippen LogP contribution in [-0.2, 0) is 0 Å². The van der Waals surface area contributed by atoms with Crippen LogP contribution in [0, 0.1) is 0 Å². The summed E-state index contributed by atoms with van der Waals surface area (Å²) in [6, 6.07) is 1.83. The summed E-state index contributed by atoms with van der Waals surface area (Å²) in [4.78, 5) is 21.0. The third kappa shape index (κ3) is 3.10. The average molecular weight is 276 g/mol. The van der Waals surface area contributed by atoms with Gasteiger partial charge in [0.05, 0.1) is 5.56 Å². The molecule has 1 amide bonds. The number of piperazine rings is 1. The Morgan fingerprint density at radius 1 is 1.25 bits per heavy atom. The standard InChI is InChI=1S/C15H24N4O/c1-15(2,3)19-9-7-18(8-10-19)14(20)12-11-17-6-5-13(12)16-4/h5-6,11H,7-10H2,1-4H3,(H,16,17). The van der Waals surface area contributed by atoms with Gasteiger partial charge in [0.2, 0.25) is 0 Å². The highest BCUT2D eigenvalue weighted by atomic mass is 16.2. The van der Waals surface area contributed by atoms with E-state index < -0.39 is 0 Å². The van der Waals surface area contributed by atoms with Crippen molar-refractivity contribution >= 4 is 11.6 Å². The van der Waals surface area contributed by atoms with E-state index in [9.17, 15) is 4.79 Å². The van der Waals surface area contributed by atoms with Gasteiger partial charge in [-0.1, -0.05) is 0 Å². The molecule has 1 aromatic heterocycles. The third-order valence-electron chi connectivity index (χ3n) is 3.84. The molecule has 20 heavy (non-hydrogen) atoms. The minimum Gasteiger partial charge on any atom is -0.387 e. The number of hydrogen-bond donors (Lipinski definition) is 1. The van der Waals surface area contributed by atoms with Crippen LogP contribution in [0.25, 0.3) is 0 Å². The summed E-state index contributed by atoms with van der Waals surface area (Å²) < 4.78 is 0. The Morgan fingerprint density at radius 3 is 2.45 bits per heavy atom. The fraction of sp³-hybridized carbons (Fsp3) is 0.600. The number of anilines is 1. The monoisotopic (exact) mass is 276 g/mol. The quantitative estimate of drug-likeness (QED) is 0.893. The number of pyridine rings is 1. The van der Waals surface area contributed by atoms with E-state index in [1.807, 2.05) is 18.0 Å². The molecule has 0 aliphatic carbocycles. The molecule has 1 aliphatic heterocycles. The van der Waals surface area contributed by atoms with Crippen molar-refractivity contribution in [3.63, 3.8) is 0 Å². The van der Waals surface area contributed by atoms with Gasteiger partial charge in [-0.25, -0.2) is 0 Å². The Morgan fingerprint density at radius 2 is 1.90 bits per heavy atom. The first kappa shape index (κ1) is 14.8. The molecule has 1 aliphatic rings. The van der Waals surface area contributed by atoms with E-state index in [-0.39, 0.29) is 11.4 Å². The van der Waals surface area contributed by atoms with Gasteiger partial charge in [0.25, 0.3) is 5.91 Å². The molecule has 5 heteroatoms. The summed E-state index contributed by atoms with van der Waals surface area (Å²) in [6.07, 6.45) is 3.34. The molecular weight excluding hydrogens is 252 g/mol. The van der Waals surface area contributed by atoms with Crippen molar-refractivity contribution in [2.45, 2.75) is 26.3 Å². The summed E-state index contributed by atoms with van der Waals surface area (Å²) in [5.41, 5.74) is 1.65. The molecule has 0 radical (unpaired) electrons. The molecule has 0 unspecified atom stereocenters. The Balaban J connectivity index is 2.05. The number of hydrogen-bond acceptors (Lipinski definition) is 4.